The lowest BCUT2D eigenvalue weighted by Gasteiger charge is -1.98. The molecule has 0 saturated heterocycles. The first-order valence-corrected chi connectivity index (χ1v) is 6.62. The maximum atomic E-state index is 10.6. The highest BCUT2D eigenvalue weighted by atomic mass is 16.6. The molecule has 2 rings (SSSR count). The Morgan fingerprint density at radius 3 is 2.43 bits per heavy atom. The minimum atomic E-state index is -0.404. The van der Waals surface area contributed by atoms with Gasteiger partial charge in [-0.2, -0.15) is 0 Å². The third-order valence-electron chi connectivity index (χ3n) is 3.08. The lowest BCUT2D eigenvalue weighted by Crippen LogP contribution is -1.88. The van der Waals surface area contributed by atoms with E-state index in [-0.39, 0.29) is 5.69 Å². The van der Waals surface area contributed by atoms with Crippen molar-refractivity contribution in [2.24, 2.45) is 4.99 Å². The van der Waals surface area contributed by atoms with Crippen LogP contribution in [0.2, 0.25) is 0 Å². The van der Waals surface area contributed by atoms with E-state index in [1.54, 1.807) is 18.3 Å². The molecule has 0 atom stereocenters. The number of benzene rings is 2. The predicted octanol–water partition coefficient (Wildman–Crippen LogP) is 4.27. The van der Waals surface area contributed by atoms with E-state index < -0.39 is 4.92 Å². The molecule has 0 radical (unpaired) electrons. The van der Waals surface area contributed by atoms with Crippen LogP contribution in [0.15, 0.2) is 65.7 Å². The number of hydrogen-bond acceptors (Lipinski definition) is 3. The zero-order valence-electron chi connectivity index (χ0n) is 11.8. The second kappa shape index (κ2) is 7.14. The van der Waals surface area contributed by atoms with E-state index in [0.29, 0.717) is 6.54 Å². The van der Waals surface area contributed by atoms with Gasteiger partial charge in [-0.25, -0.2) is 0 Å². The smallest absolute Gasteiger partial charge is 0.269 e. The minimum Gasteiger partial charge on any atom is -0.288 e. The van der Waals surface area contributed by atoms with Gasteiger partial charge < -0.3 is 0 Å². The average molecular weight is 280 g/mol. The molecular weight excluding hydrogens is 264 g/mol. The number of nitro benzene ring substituents is 1. The Labute approximate surface area is 123 Å². The number of aliphatic imine (C=N–C) groups is 1. The second-order valence-corrected chi connectivity index (χ2v) is 4.63. The molecule has 2 aromatic carbocycles. The maximum absolute atomic E-state index is 10.6. The first-order chi connectivity index (χ1) is 10.2. The zero-order valence-corrected chi connectivity index (χ0v) is 11.8. The van der Waals surface area contributed by atoms with Crippen LogP contribution in [0.3, 0.4) is 0 Å². The lowest BCUT2D eigenvalue weighted by atomic mass is 10.1. The van der Waals surface area contributed by atoms with Crippen molar-refractivity contribution >= 4 is 17.5 Å². The molecule has 21 heavy (non-hydrogen) atoms. The summed E-state index contributed by atoms with van der Waals surface area (Å²) in [7, 11) is 0. The van der Waals surface area contributed by atoms with Crippen molar-refractivity contribution < 1.29 is 4.92 Å². The van der Waals surface area contributed by atoms with Gasteiger partial charge in [-0.1, -0.05) is 42.5 Å². The molecular formula is C17H16N2O2. The Morgan fingerprint density at radius 2 is 1.81 bits per heavy atom. The van der Waals surface area contributed by atoms with Crippen LogP contribution in [0.4, 0.5) is 5.69 Å². The van der Waals surface area contributed by atoms with Gasteiger partial charge in [-0.15, -0.1) is 0 Å². The quantitative estimate of drug-likeness (QED) is 0.466. The normalized spacial score (nSPS) is 11.8. The van der Waals surface area contributed by atoms with Crippen LogP contribution in [0.1, 0.15) is 18.1 Å². The summed E-state index contributed by atoms with van der Waals surface area (Å²) in [5.74, 6) is 0. The number of non-ortho nitro benzene ring substituents is 1. The average Bonchev–Trinajstić information content (AvgIpc) is 2.52. The second-order valence-electron chi connectivity index (χ2n) is 4.63. The molecule has 0 fully saturated rings. The van der Waals surface area contributed by atoms with Crippen LogP contribution in [0.5, 0.6) is 0 Å². The molecule has 0 aromatic heterocycles. The summed E-state index contributed by atoms with van der Waals surface area (Å²) < 4.78 is 0. The van der Waals surface area contributed by atoms with E-state index in [0.717, 1.165) is 11.1 Å². The molecule has 0 spiro atoms. The van der Waals surface area contributed by atoms with Crippen molar-refractivity contribution in [3.63, 3.8) is 0 Å². The standard InChI is InChI=1S/C17H16N2O2/c1-14(16-5-3-2-4-6-16)11-12-18-13-15-7-9-17(10-8-15)19(20)21/h2-12H,13H2,1H3/b14-11+,18-12+. The number of rotatable bonds is 5. The van der Waals surface area contributed by atoms with Gasteiger partial charge in [0.1, 0.15) is 0 Å². The van der Waals surface area contributed by atoms with Crippen LogP contribution in [-0.4, -0.2) is 11.1 Å². The van der Waals surface area contributed by atoms with Crippen molar-refractivity contribution in [2.45, 2.75) is 13.5 Å². The fourth-order valence-electron chi connectivity index (χ4n) is 1.84. The van der Waals surface area contributed by atoms with Crippen molar-refractivity contribution in [3.05, 3.63) is 81.9 Å². The largest absolute Gasteiger partial charge is 0.288 e. The van der Waals surface area contributed by atoms with Gasteiger partial charge in [0.2, 0.25) is 0 Å². The van der Waals surface area contributed by atoms with Crippen LogP contribution in [0.25, 0.3) is 5.57 Å². The topological polar surface area (TPSA) is 55.5 Å². The van der Waals surface area contributed by atoms with E-state index in [9.17, 15) is 10.1 Å². The molecule has 0 aliphatic heterocycles. The van der Waals surface area contributed by atoms with Crippen LogP contribution in [0, 0.1) is 10.1 Å². The van der Waals surface area contributed by atoms with Gasteiger partial charge in [-0.3, -0.25) is 15.1 Å². The highest BCUT2D eigenvalue weighted by Gasteiger charge is 2.02. The molecule has 0 bridgehead atoms. The Bertz CT molecular complexity index is 659. The molecule has 0 N–H and O–H groups in total. The summed E-state index contributed by atoms with van der Waals surface area (Å²) in [5, 5.41) is 10.6. The summed E-state index contributed by atoms with van der Waals surface area (Å²) >= 11 is 0. The van der Waals surface area contributed by atoms with Crippen molar-refractivity contribution in [2.75, 3.05) is 0 Å². The highest BCUT2D eigenvalue weighted by Crippen LogP contribution is 2.13. The third kappa shape index (κ3) is 4.38. The maximum Gasteiger partial charge on any atom is 0.269 e. The third-order valence-corrected chi connectivity index (χ3v) is 3.08. The molecule has 0 unspecified atom stereocenters. The van der Waals surface area contributed by atoms with Crippen molar-refractivity contribution in [3.8, 4) is 0 Å². The SMILES string of the molecule is C/C(=C\C=N\Cc1ccc([N+](=O)[O-])cc1)c1ccccc1. The van der Waals surface area contributed by atoms with Crippen molar-refractivity contribution in [1.82, 2.24) is 0 Å². The van der Waals surface area contributed by atoms with E-state index in [4.69, 9.17) is 0 Å². The number of allylic oxidation sites excluding steroid dienone is 2. The Hall–Kier alpha value is -2.75. The lowest BCUT2D eigenvalue weighted by molar-refractivity contribution is -0.384. The molecule has 106 valence electrons. The summed E-state index contributed by atoms with van der Waals surface area (Å²) in [5.41, 5.74) is 3.35. The first kappa shape index (κ1) is 14.7. The van der Waals surface area contributed by atoms with E-state index in [1.807, 2.05) is 31.2 Å². The molecule has 0 aliphatic carbocycles. The first-order valence-electron chi connectivity index (χ1n) is 6.62. The molecule has 0 amide bonds. The molecule has 0 heterocycles. The monoisotopic (exact) mass is 280 g/mol. The zero-order chi connectivity index (χ0) is 15.1. The minimum absolute atomic E-state index is 0.0996. The van der Waals surface area contributed by atoms with Gasteiger partial charge in [0.15, 0.2) is 0 Å². The van der Waals surface area contributed by atoms with Crippen LogP contribution in [-0.2, 0) is 6.54 Å². The fraction of sp³-hybridized carbons (Fsp3) is 0.118. The van der Waals surface area contributed by atoms with Gasteiger partial charge in [0.25, 0.3) is 5.69 Å². The highest BCUT2D eigenvalue weighted by molar-refractivity contribution is 5.83. The fourth-order valence-corrected chi connectivity index (χ4v) is 1.84. The molecule has 2 aromatic rings. The Morgan fingerprint density at radius 1 is 1.14 bits per heavy atom. The summed E-state index contributed by atoms with van der Waals surface area (Å²) in [6, 6.07) is 16.5. The molecule has 4 heteroatoms. The molecule has 0 aliphatic rings. The number of nitrogens with zero attached hydrogens (tertiary/aromatic N) is 2. The Balaban J connectivity index is 1.95. The van der Waals surface area contributed by atoms with E-state index in [2.05, 4.69) is 17.1 Å². The number of nitro groups is 1. The van der Waals surface area contributed by atoms with Gasteiger partial charge in [0, 0.05) is 18.3 Å². The van der Waals surface area contributed by atoms with E-state index >= 15 is 0 Å². The van der Waals surface area contributed by atoms with Gasteiger partial charge in [0.05, 0.1) is 11.5 Å². The molecule has 0 saturated carbocycles. The predicted molar refractivity (Wildman–Crippen MR) is 85.4 cm³/mol. The summed E-state index contributed by atoms with van der Waals surface area (Å²) in [6.07, 6.45) is 3.73. The van der Waals surface area contributed by atoms with Crippen LogP contribution < -0.4 is 0 Å². The van der Waals surface area contributed by atoms with E-state index in [1.165, 1.54) is 17.7 Å². The Kier molecular flexibility index (Phi) is 4.99. The number of hydrogen-bond donors (Lipinski definition) is 0. The van der Waals surface area contributed by atoms with Crippen LogP contribution >= 0.6 is 0 Å². The van der Waals surface area contributed by atoms with Gasteiger partial charge in [-0.05, 0) is 29.7 Å². The van der Waals surface area contributed by atoms with Crippen molar-refractivity contribution in [1.29, 1.82) is 0 Å². The van der Waals surface area contributed by atoms with Gasteiger partial charge >= 0.3 is 0 Å². The molecule has 4 nitrogen and oxygen atoms in total. The summed E-state index contributed by atoms with van der Waals surface area (Å²) in [6.45, 7) is 2.55. The summed E-state index contributed by atoms with van der Waals surface area (Å²) in [4.78, 5) is 14.5.